The van der Waals surface area contributed by atoms with E-state index in [9.17, 15) is 5.11 Å². The van der Waals surface area contributed by atoms with Crippen LogP contribution < -0.4 is 15.4 Å². The molecule has 26 heavy (non-hydrogen) atoms. The lowest BCUT2D eigenvalue weighted by atomic mass is 9.80. The highest BCUT2D eigenvalue weighted by molar-refractivity contribution is 5.84. The predicted molar refractivity (Wildman–Crippen MR) is 104 cm³/mol. The van der Waals surface area contributed by atoms with Crippen molar-refractivity contribution >= 4 is 16.9 Å². The summed E-state index contributed by atoms with van der Waals surface area (Å²) < 4.78 is 11.7. The third-order valence-corrected chi connectivity index (χ3v) is 4.77. The van der Waals surface area contributed by atoms with Gasteiger partial charge in [0.25, 0.3) is 0 Å². The number of ether oxygens (including phenoxy) is 1. The van der Waals surface area contributed by atoms with Gasteiger partial charge in [0.1, 0.15) is 5.76 Å². The molecule has 1 aliphatic rings. The lowest BCUT2D eigenvalue weighted by Gasteiger charge is -2.35. The van der Waals surface area contributed by atoms with E-state index in [0.717, 1.165) is 48.3 Å². The molecule has 1 atom stereocenters. The molecule has 1 heterocycles. The van der Waals surface area contributed by atoms with Gasteiger partial charge in [-0.2, -0.15) is 0 Å². The van der Waals surface area contributed by atoms with E-state index < -0.39 is 5.60 Å². The minimum atomic E-state index is -0.628. The molecule has 1 unspecified atom stereocenters. The van der Waals surface area contributed by atoms with Crippen molar-refractivity contribution in [1.29, 1.82) is 0 Å². The van der Waals surface area contributed by atoms with Crippen LogP contribution in [0.5, 0.6) is 5.75 Å². The van der Waals surface area contributed by atoms with Crippen LogP contribution in [0, 0.1) is 0 Å². The molecule has 3 rings (SSSR count). The summed E-state index contributed by atoms with van der Waals surface area (Å²) in [5.74, 6) is 2.27. The van der Waals surface area contributed by atoms with Crippen LogP contribution in [0.25, 0.3) is 11.0 Å². The Hall–Kier alpha value is -2.21. The highest BCUT2D eigenvalue weighted by Gasteiger charge is 2.34. The molecule has 1 aromatic carbocycles. The summed E-state index contributed by atoms with van der Waals surface area (Å²) in [6.07, 6.45) is 2.73. The number of benzene rings is 1. The van der Waals surface area contributed by atoms with Crippen LogP contribution in [-0.4, -0.2) is 36.4 Å². The summed E-state index contributed by atoms with van der Waals surface area (Å²) in [6, 6.07) is 7.87. The summed E-state index contributed by atoms with van der Waals surface area (Å²) in [5, 5.41) is 17.9. The summed E-state index contributed by atoms with van der Waals surface area (Å²) >= 11 is 0. The van der Waals surface area contributed by atoms with Gasteiger partial charge in [0, 0.05) is 11.9 Å². The Morgan fingerprint density at radius 1 is 1.38 bits per heavy atom. The maximum absolute atomic E-state index is 10.3. The smallest absolute Gasteiger partial charge is 0.191 e. The van der Waals surface area contributed by atoms with Crippen LogP contribution in [0.1, 0.15) is 51.8 Å². The lowest BCUT2D eigenvalue weighted by molar-refractivity contribution is -0.0236. The zero-order valence-electron chi connectivity index (χ0n) is 15.8. The van der Waals surface area contributed by atoms with Gasteiger partial charge in [-0.05, 0) is 52.2 Å². The molecular formula is C20H29N3O3. The van der Waals surface area contributed by atoms with Crippen LogP contribution in [-0.2, 0) is 0 Å². The molecule has 1 aliphatic carbocycles. The number of nitrogens with one attached hydrogen (secondary N) is 2. The van der Waals surface area contributed by atoms with Crippen LogP contribution in [0.4, 0.5) is 0 Å². The van der Waals surface area contributed by atoms with E-state index in [1.165, 1.54) is 0 Å². The van der Waals surface area contributed by atoms with Gasteiger partial charge in [-0.3, -0.25) is 4.99 Å². The zero-order chi connectivity index (χ0) is 18.6. The Bertz CT molecular complexity index is 765. The summed E-state index contributed by atoms with van der Waals surface area (Å²) in [6.45, 7) is 7.79. The van der Waals surface area contributed by atoms with Crippen molar-refractivity contribution in [1.82, 2.24) is 10.6 Å². The number of nitrogens with zero attached hydrogens (tertiary/aromatic N) is 1. The fourth-order valence-corrected chi connectivity index (χ4v) is 3.10. The van der Waals surface area contributed by atoms with E-state index in [-0.39, 0.29) is 6.04 Å². The van der Waals surface area contributed by atoms with Crippen LogP contribution >= 0.6 is 0 Å². The van der Waals surface area contributed by atoms with E-state index in [4.69, 9.17) is 9.15 Å². The second kappa shape index (κ2) is 7.99. The van der Waals surface area contributed by atoms with Gasteiger partial charge < -0.3 is 24.9 Å². The highest BCUT2D eigenvalue weighted by atomic mass is 16.5. The number of aliphatic hydroxyl groups is 1. The van der Waals surface area contributed by atoms with Gasteiger partial charge in [0.2, 0.25) is 0 Å². The third kappa shape index (κ3) is 4.12. The van der Waals surface area contributed by atoms with E-state index in [2.05, 4.69) is 15.6 Å². The highest BCUT2D eigenvalue weighted by Crippen LogP contribution is 2.32. The SMILES string of the molecule is CCNC(=NCC1(O)CCC1)NC(C)c1cc2cccc(OCC)c2o1. The summed E-state index contributed by atoms with van der Waals surface area (Å²) in [5.41, 5.74) is 0.140. The van der Waals surface area contributed by atoms with Gasteiger partial charge >= 0.3 is 0 Å². The Morgan fingerprint density at radius 2 is 2.19 bits per heavy atom. The number of hydrogen-bond donors (Lipinski definition) is 3. The fourth-order valence-electron chi connectivity index (χ4n) is 3.10. The third-order valence-electron chi connectivity index (χ3n) is 4.77. The number of fused-ring (bicyclic) bond motifs is 1. The quantitative estimate of drug-likeness (QED) is 0.522. The van der Waals surface area contributed by atoms with Gasteiger partial charge in [-0.1, -0.05) is 12.1 Å². The molecule has 6 nitrogen and oxygen atoms in total. The molecule has 0 spiro atoms. The van der Waals surface area contributed by atoms with Crippen LogP contribution in [0.3, 0.4) is 0 Å². The first-order valence-electron chi connectivity index (χ1n) is 9.47. The molecule has 1 fully saturated rings. The second-order valence-corrected chi connectivity index (χ2v) is 6.90. The molecule has 0 bridgehead atoms. The molecule has 1 aromatic heterocycles. The number of guanidine groups is 1. The largest absolute Gasteiger partial charge is 0.490 e. The normalized spacial score (nSPS) is 17.6. The molecule has 0 aliphatic heterocycles. The number of rotatable bonds is 7. The molecular weight excluding hydrogens is 330 g/mol. The Kier molecular flexibility index (Phi) is 5.71. The van der Waals surface area contributed by atoms with E-state index >= 15 is 0 Å². The Morgan fingerprint density at radius 3 is 2.85 bits per heavy atom. The van der Waals surface area contributed by atoms with E-state index in [1.807, 2.05) is 45.0 Å². The van der Waals surface area contributed by atoms with E-state index in [0.29, 0.717) is 19.1 Å². The molecule has 142 valence electrons. The van der Waals surface area contributed by atoms with Gasteiger partial charge in [0.05, 0.1) is 24.8 Å². The van der Waals surface area contributed by atoms with Crippen molar-refractivity contribution in [2.45, 2.75) is 51.7 Å². The van der Waals surface area contributed by atoms with Gasteiger partial charge in [-0.15, -0.1) is 0 Å². The molecule has 3 N–H and O–H groups in total. The number of aliphatic imine (C=N–C) groups is 1. The topological polar surface area (TPSA) is 79.0 Å². The number of hydrogen-bond acceptors (Lipinski definition) is 4. The van der Waals surface area contributed by atoms with Gasteiger partial charge in [-0.25, -0.2) is 0 Å². The van der Waals surface area contributed by atoms with Crippen molar-refractivity contribution < 1.29 is 14.3 Å². The number of para-hydroxylation sites is 1. The first-order chi connectivity index (χ1) is 12.5. The Labute approximate surface area is 154 Å². The molecule has 1 saturated carbocycles. The first-order valence-corrected chi connectivity index (χ1v) is 9.47. The Balaban J connectivity index is 1.74. The molecule has 0 amide bonds. The van der Waals surface area contributed by atoms with Crippen molar-refractivity contribution in [2.24, 2.45) is 4.99 Å². The zero-order valence-corrected chi connectivity index (χ0v) is 15.8. The van der Waals surface area contributed by atoms with E-state index in [1.54, 1.807) is 0 Å². The van der Waals surface area contributed by atoms with Crippen molar-refractivity contribution in [3.63, 3.8) is 0 Å². The summed E-state index contributed by atoms with van der Waals surface area (Å²) in [7, 11) is 0. The maximum atomic E-state index is 10.3. The lowest BCUT2D eigenvalue weighted by Crippen LogP contribution is -2.43. The van der Waals surface area contributed by atoms with Crippen LogP contribution in [0.2, 0.25) is 0 Å². The van der Waals surface area contributed by atoms with Gasteiger partial charge in [0.15, 0.2) is 17.3 Å². The maximum Gasteiger partial charge on any atom is 0.191 e. The van der Waals surface area contributed by atoms with Crippen LogP contribution in [0.15, 0.2) is 33.7 Å². The molecule has 2 aromatic rings. The van der Waals surface area contributed by atoms with Crippen molar-refractivity contribution in [3.05, 3.63) is 30.0 Å². The fraction of sp³-hybridized carbons (Fsp3) is 0.550. The predicted octanol–water partition coefficient (Wildman–Crippen LogP) is 3.36. The minimum Gasteiger partial charge on any atom is -0.490 e. The average molecular weight is 359 g/mol. The molecule has 6 heteroatoms. The molecule has 0 saturated heterocycles. The molecule has 0 radical (unpaired) electrons. The van der Waals surface area contributed by atoms with Crippen molar-refractivity contribution in [3.8, 4) is 5.75 Å². The minimum absolute atomic E-state index is 0.0642. The monoisotopic (exact) mass is 359 g/mol. The second-order valence-electron chi connectivity index (χ2n) is 6.90. The average Bonchev–Trinajstić information content (AvgIpc) is 3.04. The standard InChI is InChI=1S/C20H29N3O3/c1-4-21-19(22-13-20(24)10-7-11-20)23-14(3)17-12-15-8-6-9-16(25-5-2)18(15)26-17/h6,8-9,12,14,24H,4-5,7,10-11,13H2,1-3H3,(H2,21,22,23). The number of furan rings is 1. The van der Waals surface area contributed by atoms with Crippen molar-refractivity contribution in [2.75, 3.05) is 19.7 Å². The first kappa shape index (κ1) is 18.6. The summed E-state index contributed by atoms with van der Waals surface area (Å²) in [4.78, 5) is 4.55.